The summed E-state index contributed by atoms with van der Waals surface area (Å²) in [4.78, 5) is 12.1. The average molecular weight is 829 g/mol. The van der Waals surface area contributed by atoms with Gasteiger partial charge in [0.05, 0.1) is 72.1 Å². The highest BCUT2D eigenvalue weighted by Crippen LogP contribution is 2.55. The molecule has 14 heteroatoms. The molecule has 0 amide bonds. The number of rotatable bonds is 14. The van der Waals surface area contributed by atoms with Crippen LogP contribution in [0.4, 0.5) is 0 Å². The van der Waals surface area contributed by atoms with Crippen LogP contribution in [0.2, 0.25) is 0 Å². The Labute approximate surface area is 346 Å². The first-order valence-corrected chi connectivity index (χ1v) is 22.1. The third kappa shape index (κ3) is 8.30. The van der Waals surface area contributed by atoms with E-state index in [0.717, 1.165) is 6.42 Å². The smallest absolute Gasteiger partial charge is 0.308 e. The van der Waals surface area contributed by atoms with E-state index in [0.29, 0.717) is 44.9 Å². The van der Waals surface area contributed by atoms with Gasteiger partial charge in [-0.2, -0.15) is 0 Å². The minimum atomic E-state index is -1.57. The van der Waals surface area contributed by atoms with Gasteiger partial charge in [-0.05, 0) is 65.7 Å². The topological polar surface area (TPSA) is 170 Å². The van der Waals surface area contributed by atoms with E-state index in [1.54, 1.807) is 28.3 Å². The van der Waals surface area contributed by atoms with Crippen LogP contribution in [0.3, 0.4) is 0 Å². The molecule has 0 radical (unpaired) electrons. The predicted molar refractivity (Wildman–Crippen MR) is 212 cm³/mol. The van der Waals surface area contributed by atoms with Crippen LogP contribution in [0.1, 0.15) is 121 Å². The van der Waals surface area contributed by atoms with Crippen molar-refractivity contribution in [3.8, 4) is 0 Å². The normalized spacial score (nSPS) is 50.6. The Kier molecular flexibility index (Phi) is 14.1. The molecule has 1 spiro atoms. The summed E-state index contributed by atoms with van der Waals surface area (Å²) < 4.78 is 65.7. The number of aliphatic carboxylic acids is 1. The molecule has 6 aliphatic rings. The molecule has 6 saturated heterocycles. The third-order valence-corrected chi connectivity index (χ3v) is 15.5. The number of carboxylic acids is 1. The SMILES string of the molecule is CC[C@@H](O)[C@]1(C)C[C@H](C)[C@@](O)(C2C[C@H](C)C([C@]3(C)C[C@@H](O[C@H]4CC[C@H](OC)[C@@H](C)O4)[C@H](C4CC[C@]5(O4)O[C@H]([C@@H](C)[C@@H](OC)[C@H](C)C(=O)O)[C@H](C)[C@@H](OC)[C@H]5C)O3)O2)O1. The molecule has 0 aliphatic carbocycles. The summed E-state index contributed by atoms with van der Waals surface area (Å²) in [5, 5.41) is 32.9. The maximum atomic E-state index is 12.1. The molecule has 6 fully saturated rings. The molecule has 0 aromatic rings. The number of hydrogen-bond donors (Lipinski definition) is 3. The summed E-state index contributed by atoms with van der Waals surface area (Å²) in [5.74, 6) is -4.99. The lowest BCUT2D eigenvalue weighted by Crippen LogP contribution is -2.61. The Bertz CT molecular complexity index is 1400. The van der Waals surface area contributed by atoms with E-state index in [-0.39, 0.29) is 47.9 Å². The minimum Gasteiger partial charge on any atom is -0.481 e. The zero-order valence-corrected chi connectivity index (χ0v) is 37.4. The van der Waals surface area contributed by atoms with E-state index in [2.05, 4.69) is 27.7 Å². The number of aliphatic hydroxyl groups excluding tert-OH is 1. The quantitative estimate of drug-likeness (QED) is 0.202. The van der Waals surface area contributed by atoms with E-state index >= 15 is 0 Å². The second-order valence-electron chi connectivity index (χ2n) is 19.5. The van der Waals surface area contributed by atoms with Gasteiger partial charge in [-0.3, -0.25) is 4.79 Å². The zero-order chi connectivity index (χ0) is 42.7. The van der Waals surface area contributed by atoms with E-state index in [1.165, 1.54) is 0 Å². The first kappa shape index (κ1) is 46.5. The first-order valence-electron chi connectivity index (χ1n) is 22.1. The fourth-order valence-electron chi connectivity index (χ4n) is 12.2. The largest absolute Gasteiger partial charge is 0.481 e. The Balaban J connectivity index is 1.26. The molecular formula is C44H76O14. The van der Waals surface area contributed by atoms with Crippen LogP contribution >= 0.6 is 0 Å². The monoisotopic (exact) mass is 829 g/mol. The first-order chi connectivity index (χ1) is 27.2. The number of hydrogen-bond acceptors (Lipinski definition) is 13. The summed E-state index contributed by atoms with van der Waals surface area (Å²) >= 11 is 0. The van der Waals surface area contributed by atoms with Gasteiger partial charge in [0.2, 0.25) is 0 Å². The molecule has 58 heavy (non-hydrogen) atoms. The molecule has 0 aromatic carbocycles. The zero-order valence-electron chi connectivity index (χ0n) is 37.4. The molecule has 0 bridgehead atoms. The van der Waals surface area contributed by atoms with Crippen LogP contribution in [0.25, 0.3) is 0 Å². The highest BCUT2D eigenvalue weighted by molar-refractivity contribution is 5.70. The molecule has 6 aliphatic heterocycles. The summed E-state index contributed by atoms with van der Waals surface area (Å²) in [6.07, 6.45) is -0.0850. The van der Waals surface area contributed by atoms with Crippen LogP contribution < -0.4 is 0 Å². The van der Waals surface area contributed by atoms with Gasteiger partial charge in [0.1, 0.15) is 12.2 Å². The van der Waals surface area contributed by atoms with E-state index in [1.807, 2.05) is 34.6 Å². The highest BCUT2D eigenvalue weighted by atomic mass is 16.7. The van der Waals surface area contributed by atoms with Crippen LogP contribution in [0, 0.1) is 35.5 Å². The average Bonchev–Trinajstić information content (AvgIpc) is 3.93. The molecule has 0 saturated carbocycles. The van der Waals surface area contributed by atoms with Gasteiger partial charge in [0, 0.05) is 64.3 Å². The Morgan fingerprint density at radius 2 is 1.62 bits per heavy atom. The molecule has 6 heterocycles. The van der Waals surface area contributed by atoms with Crippen molar-refractivity contribution < 1.29 is 67.5 Å². The highest BCUT2D eigenvalue weighted by Gasteiger charge is 2.65. The van der Waals surface area contributed by atoms with Gasteiger partial charge < -0.3 is 62.7 Å². The second kappa shape index (κ2) is 17.6. The van der Waals surface area contributed by atoms with Crippen molar-refractivity contribution in [2.45, 2.75) is 217 Å². The Morgan fingerprint density at radius 3 is 2.22 bits per heavy atom. The number of aliphatic hydroxyl groups is 2. The van der Waals surface area contributed by atoms with Crippen molar-refractivity contribution in [2.75, 3.05) is 21.3 Å². The summed E-state index contributed by atoms with van der Waals surface area (Å²) in [7, 11) is 4.97. The molecule has 336 valence electrons. The molecule has 0 aromatic heterocycles. The van der Waals surface area contributed by atoms with Gasteiger partial charge >= 0.3 is 5.97 Å². The Hall–Kier alpha value is -1.01. The molecular weight excluding hydrogens is 752 g/mol. The molecule has 22 atom stereocenters. The van der Waals surface area contributed by atoms with Gasteiger partial charge in [0.15, 0.2) is 17.9 Å². The van der Waals surface area contributed by atoms with Crippen LogP contribution in [-0.2, 0) is 52.2 Å². The van der Waals surface area contributed by atoms with Crippen molar-refractivity contribution >= 4 is 5.97 Å². The summed E-state index contributed by atoms with van der Waals surface area (Å²) in [6, 6.07) is 0. The van der Waals surface area contributed by atoms with Crippen LogP contribution in [0.5, 0.6) is 0 Å². The molecule has 14 nitrogen and oxygen atoms in total. The summed E-state index contributed by atoms with van der Waals surface area (Å²) in [5.41, 5.74) is -1.70. The number of carboxylic acid groups (broad SMARTS) is 1. The standard InChI is InChI=1S/C44H76O14/c1-14-32(45)41(9)20-23(3)44(48,58-41)33-19-22(2)39(54-33)42(10)21-31(53-34-16-15-29(49-11)28(8)52-34)38(56-42)30-17-18-43(55-30)27(7)37(51-13)25(5)36(57-43)24(4)35(50-12)26(6)40(46)47/h22-39,45,48H,14-21H2,1-13H3,(H,46,47)/t22-,23-,24-,25-,26-,27+,28+,29-,30?,31+,32+,33?,34-,35+,36+,37+,38-,39?,41-,42-,43-,44-/m0/s1. The maximum absolute atomic E-state index is 12.1. The van der Waals surface area contributed by atoms with Crippen molar-refractivity contribution in [3.05, 3.63) is 0 Å². The molecule has 3 N–H and O–H groups in total. The van der Waals surface area contributed by atoms with E-state index in [4.69, 9.17) is 47.4 Å². The minimum absolute atomic E-state index is 0.0104. The number of ether oxygens (including phenoxy) is 10. The Morgan fingerprint density at radius 1 is 0.914 bits per heavy atom. The van der Waals surface area contributed by atoms with Gasteiger partial charge in [-0.1, -0.05) is 41.5 Å². The fraction of sp³-hybridized carbons (Fsp3) is 0.977. The number of carbonyl (C=O) groups is 1. The number of methoxy groups -OCH3 is 3. The lowest BCUT2D eigenvalue weighted by molar-refractivity contribution is -0.349. The van der Waals surface area contributed by atoms with Gasteiger partial charge in [0.25, 0.3) is 0 Å². The molecule has 6 rings (SSSR count). The third-order valence-electron chi connectivity index (χ3n) is 15.5. The molecule has 3 unspecified atom stereocenters. The van der Waals surface area contributed by atoms with Crippen molar-refractivity contribution in [1.29, 1.82) is 0 Å². The predicted octanol–water partition coefficient (Wildman–Crippen LogP) is 5.46. The van der Waals surface area contributed by atoms with Crippen molar-refractivity contribution in [2.24, 2.45) is 35.5 Å². The van der Waals surface area contributed by atoms with Crippen molar-refractivity contribution in [3.63, 3.8) is 0 Å². The lowest BCUT2D eigenvalue weighted by Gasteiger charge is -2.52. The lowest BCUT2D eigenvalue weighted by atomic mass is 9.74. The van der Waals surface area contributed by atoms with E-state index < -0.39 is 89.8 Å². The van der Waals surface area contributed by atoms with E-state index in [9.17, 15) is 20.1 Å². The summed E-state index contributed by atoms with van der Waals surface area (Å²) in [6.45, 7) is 19.8. The van der Waals surface area contributed by atoms with Crippen LogP contribution in [0.15, 0.2) is 0 Å². The maximum Gasteiger partial charge on any atom is 0.308 e. The van der Waals surface area contributed by atoms with Gasteiger partial charge in [-0.15, -0.1) is 0 Å². The van der Waals surface area contributed by atoms with Crippen LogP contribution in [-0.4, -0.2) is 139 Å². The second-order valence-corrected chi connectivity index (χ2v) is 19.5. The van der Waals surface area contributed by atoms with Crippen molar-refractivity contribution in [1.82, 2.24) is 0 Å². The van der Waals surface area contributed by atoms with Gasteiger partial charge in [-0.25, -0.2) is 0 Å². The fourth-order valence-corrected chi connectivity index (χ4v) is 12.2.